The molecule has 0 bridgehead atoms. The Morgan fingerprint density at radius 2 is 2.00 bits per heavy atom. The summed E-state index contributed by atoms with van der Waals surface area (Å²) in [4.78, 5) is 24.6. The second-order valence-corrected chi connectivity index (χ2v) is 5.70. The number of nitrogens with one attached hydrogen (secondary N) is 2. The number of thiophene rings is 1. The minimum atomic E-state index is -0.238. The molecule has 2 N–H and O–H groups in total. The zero-order valence-electron chi connectivity index (χ0n) is 11.5. The van der Waals surface area contributed by atoms with E-state index in [1.54, 1.807) is 11.3 Å². The summed E-state index contributed by atoms with van der Waals surface area (Å²) >= 11 is 1.55. The van der Waals surface area contributed by atoms with Gasteiger partial charge in [0, 0.05) is 22.3 Å². The van der Waals surface area contributed by atoms with E-state index in [0.29, 0.717) is 19.5 Å². The number of hydrogen-bond acceptors (Lipinski definition) is 5. The van der Waals surface area contributed by atoms with Crippen LogP contribution in [0.3, 0.4) is 0 Å². The fourth-order valence-corrected chi connectivity index (χ4v) is 2.47. The summed E-state index contributed by atoms with van der Waals surface area (Å²) < 4.78 is 4.61. The molecule has 1 aromatic rings. The molecule has 0 aliphatic carbocycles. The first kappa shape index (κ1) is 15.7. The maximum absolute atomic E-state index is 11.4. The Bertz CT molecular complexity index is 429. The number of carbonyl (C=O) groups excluding carboxylic acids is 2. The molecule has 5 nitrogen and oxygen atoms in total. The minimum absolute atomic E-state index is 0.0126. The maximum atomic E-state index is 11.4. The molecule has 6 heteroatoms. The lowest BCUT2D eigenvalue weighted by Crippen LogP contribution is -2.37. The van der Waals surface area contributed by atoms with Crippen LogP contribution in [-0.4, -0.2) is 31.6 Å². The van der Waals surface area contributed by atoms with Crippen molar-refractivity contribution in [1.82, 2.24) is 10.6 Å². The van der Waals surface area contributed by atoms with Crippen LogP contribution in [0, 0.1) is 0 Å². The zero-order valence-corrected chi connectivity index (χ0v) is 12.3. The fourth-order valence-electron chi connectivity index (χ4n) is 1.50. The number of carbonyl (C=O) groups is 2. The van der Waals surface area contributed by atoms with Gasteiger partial charge in [-0.15, -0.1) is 11.3 Å². The number of ether oxygens (including phenoxy) is 1. The molecule has 1 aromatic heterocycles. The minimum Gasteiger partial charge on any atom is -0.469 e. The highest BCUT2D eigenvalue weighted by Crippen LogP contribution is 2.17. The van der Waals surface area contributed by atoms with Crippen molar-refractivity contribution in [2.75, 3.05) is 13.7 Å². The monoisotopic (exact) mass is 284 g/mol. The first-order chi connectivity index (χ1) is 9.01. The van der Waals surface area contributed by atoms with E-state index in [1.165, 1.54) is 7.11 Å². The Morgan fingerprint density at radius 1 is 1.32 bits per heavy atom. The number of rotatable bonds is 7. The van der Waals surface area contributed by atoms with Crippen molar-refractivity contribution in [3.63, 3.8) is 0 Å². The Labute approximate surface area is 117 Å². The summed E-state index contributed by atoms with van der Waals surface area (Å²) in [5, 5.41) is 5.88. The van der Waals surface area contributed by atoms with Gasteiger partial charge in [0.15, 0.2) is 0 Å². The first-order valence-electron chi connectivity index (χ1n) is 6.15. The van der Waals surface area contributed by atoms with Crippen LogP contribution in [0.25, 0.3) is 0 Å². The summed E-state index contributed by atoms with van der Waals surface area (Å²) in [5.41, 5.74) is 0. The number of hydrogen-bond donors (Lipinski definition) is 2. The molecular weight excluding hydrogens is 264 g/mol. The molecule has 0 radical (unpaired) electrons. The lowest BCUT2D eigenvalue weighted by Gasteiger charge is -2.08. The van der Waals surface area contributed by atoms with E-state index in [2.05, 4.69) is 15.4 Å². The van der Waals surface area contributed by atoms with Crippen LogP contribution < -0.4 is 10.6 Å². The molecule has 0 aliphatic rings. The predicted molar refractivity (Wildman–Crippen MR) is 75.0 cm³/mol. The van der Waals surface area contributed by atoms with Gasteiger partial charge in [0.1, 0.15) is 0 Å². The molecule has 19 heavy (non-hydrogen) atoms. The van der Waals surface area contributed by atoms with Crippen LogP contribution in [0.1, 0.15) is 23.6 Å². The van der Waals surface area contributed by atoms with E-state index in [0.717, 1.165) is 9.75 Å². The summed E-state index contributed by atoms with van der Waals surface area (Å²) in [6.45, 7) is 4.77. The third kappa shape index (κ3) is 6.35. The van der Waals surface area contributed by atoms with Crippen molar-refractivity contribution in [2.45, 2.75) is 32.9 Å². The van der Waals surface area contributed by atoms with Gasteiger partial charge in [-0.05, 0) is 26.0 Å². The third-order valence-electron chi connectivity index (χ3n) is 2.30. The van der Waals surface area contributed by atoms with Crippen LogP contribution in [0.4, 0.5) is 0 Å². The summed E-state index contributed by atoms with van der Waals surface area (Å²) in [6.07, 6.45) is 0.301. The summed E-state index contributed by atoms with van der Waals surface area (Å²) in [7, 11) is 1.38. The number of esters is 1. The van der Waals surface area contributed by atoms with Crippen molar-refractivity contribution >= 4 is 23.2 Å². The van der Waals surface area contributed by atoms with E-state index < -0.39 is 0 Å². The van der Waals surface area contributed by atoms with Gasteiger partial charge in [-0.2, -0.15) is 0 Å². The SMILES string of the molecule is COC(=O)Cc1ccc(CNCC(=O)NC(C)C)s1. The third-order valence-corrected chi connectivity index (χ3v) is 3.38. The van der Waals surface area contributed by atoms with Crippen LogP contribution >= 0.6 is 11.3 Å². The van der Waals surface area contributed by atoms with E-state index in [4.69, 9.17) is 0 Å². The lowest BCUT2D eigenvalue weighted by molar-refractivity contribution is -0.139. The van der Waals surface area contributed by atoms with Gasteiger partial charge in [0.2, 0.25) is 5.91 Å². The molecule has 0 fully saturated rings. The highest BCUT2D eigenvalue weighted by molar-refractivity contribution is 7.12. The lowest BCUT2D eigenvalue weighted by atomic mass is 10.3. The summed E-state index contributed by atoms with van der Waals surface area (Å²) in [5.74, 6) is -0.251. The number of amides is 1. The van der Waals surface area contributed by atoms with Crippen LogP contribution in [-0.2, 0) is 27.3 Å². The van der Waals surface area contributed by atoms with Gasteiger partial charge in [0.05, 0.1) is 20.1 Å². The van der Waals surface area contributed by atoms with E-state index in [9.17, 15) is 9.59 Å². The Balaban J connectivity index is 2.30. The van der Waals surface area contributed by atoms with E-state index in [1.807, 2.05) is 26.0 Å². The van der Waals surface area contributed by atoms with Crippen molar-refractivity contribution < 1.29 is 14.3 Å². The van der Waals surface area contributed by atoms with Gasteiger partial charge < -0.3 is 15.4 Å². The highest BCUT2D eigenvalue weighted by atomic mass is 32.1. The van der Waals surface area contributed by atoms with Crippen LogP contribution in [0.5, 0.6) is 0 Å². The topological polar surface area (TPSA) is 67.4 Å². The van der Waals surface area contributed by atoms with Crippen LogP contribution in [0.15, 0.2) is 12.1 Å². The smallest absolute Gasteiger partial charge is 0.310 e. The van der Waals surface area contributed by atoms with Crippen LogP contribution in [0.2, 0.25) is 0 Å². The molecule has 0 saturated carbocycles. The quantitative estimate of drug-likeness (QED) is 0.735. The Kier molecular flexibility index (Phi) is 6.52. The molecule has 0 spiro atoms. The molecule has 106 valence electrons. The van der Waals surface area contributed by atoms with Gasteiger partial charge in [-0.1, -0.05) is 0 Å². The van der Waals surface area contributed by atoms with Crippen molar-refractivity contribution in [3.05, 3.63) is 21.9 Å². The van der Waals surface area contributed by atoms with Crippen molar-refractivity contribution in [3.8, 4) is 0 Å². The van der Waals surface area contributed by atoms with E-state index >= 15 is 0 Å². The van der Waals surface area contributed by atoms with Gasteiger partial charge >= 0.3 is 5.97 Å². The van der Waals surface area contributed by atoms with E-state index in [-0.39, 0.29) is 17.9 Å². The molecular formula is C13H20N2O3S. The molecule has 0 saturated heterocycles. The predicted octanol–water partition coefficient (Wildman–Crippen LogP) is 1.08. The normalized spacial score (nSPS) is 10.5. The Hall–Kier alpha value is -1.40. The molecule has 0 unspecified atom stereocenters. The van der Waals surface area contributed by atoms with Crippen molar-refractivity contribution in [2.24, 2.45) is 0 Å². The van der Waals surface area contributed by atoms with Gasteiger partial charge in [0.25, 0.3) is 0 Å². The molecule has 1 rings (SSSR count). The second kappa shape index (κ2) is 7.91. The molecule has 0 aromatic carbocycles. The van der Waals surface area contributed by atoms with Crippen molar-refractivity contribution in [1.29, 1.82) is 0 Å². The zero-order chi connectivity index (χ0) is 14.3. The standard InChI is InChI=1S/C13H20N2O3S/c1-9(2)15-12(16)8-14-7-11-5-4-10(19-11)6-13(17)18-3/h4-5,9,14H,6-8H2,1-3H3,(H,15,16). The largest absolute Gasteiger partial charge is 0.469 e. The van der Waals surface area contributed by atoms with Gasteiger partial charge in [-0.25, -0.2) is 0 Å². The summed E-state index contributed by atoms with van der Waals surface area (Å²) in [6, 6.07) is 4.02. The Morgan fingerprint density at radius 3 is 2.63 bits per heavy atom. The maximum Gasteiger partial charge on any atom is 0.310 e. The second-order valence-electron chi connectivity index (χ2n) is 4.45. The average molecular weight is 284 g/mol. The molecule has 1 amide bonds. The highest BCUT2D eigenvalue weighted by Gasteiger charge is 2.07. The average Bonchev–Trinajstić information content (AvgIpc) is 2.75. The van der Waals surface area contributed by atoms with Gasteiger partial charge in [-0.3, -0.25) is 9.59 Å². The number of methoxy groups -OCH3 is 1. The first-order valence-corrected chi connectivity index (χ1v) is 6.97. The molecule has 0 atom stereocenters. The fraction of sp³-hybridized carbons (Fsp3) is 0.538. The molecule has 0 aliphatic heterocycles. The molecule has 1 heterocycles.